The summed E-state index contributed by atoms with van der Waals surface area (Å²) in [7, 11) is 0. The molecule has 0 bridgehead atoms. The van der Waals surface area contributed by atoms with Gasteiger partial charge in [-0.15, -0.1) is 0 Å². The predicted molar refractivity (Wildman–Crippen MR) is 101 cm³/mol. The summed E-state index contributed by atoms with van der Waals surface area (Å²) in [4.78, 5) is 37.8. The van der Waals surface area contributed by atoms with Crippen LogP contribution in [-0.2, 0) is 22.7 Å². The topological polar surface area (TPSA) is 78.5 Å². The van der Waals surface area contributed by atoms with Crippen molar-refractivity contribution in [3.63, 3.8) is 0 Å². The number of imide groups is 1. The standard InChI is InChI=1S/C21H27N3O3/c1-13-4-2-3-5-17(13)22-11-14-6-7-16-15(10-14)12-24(21(16)27)18-8-9-19(25)23-20(18)26/h6-7,10,13,17-18,22H,2-5,8-9,11-12H2,1H3,(H,23,25,26)/t13-,17+,18?/m1/s1. The van der Waals surface area contributed by atoms with Crippen LogP contribution in [0.3, 0.4) is 0 Å². The molecule has 6 nitrogen and oxygen atoms in total. The number of carbonyl (C=O) groups excluding carboxylic acids is 3. The van der Waals surface area contributed by atoms with Gasteiger partial charge >= 0.3 is 0 Å². The summed E-state index contributed by atoms with van der Waals surface area (Å²) in [6.45, 7) is 3.55. The van der Waals surface area contributed by atoms with Gasteiger partial charge in [0.1, 0.15) is 6.04 Å². The van der Waals surface area contributed by atoms with Gasteiger partial charge in [0.2, 0.25) is 11.8 Å². The van der Waals surface area contributed by atoms with Crippen molar-refractivity contribution < 1.29 is 14.4 Å². The van der Waals surface area contributed by atoms with Gasteiger partial charge in [0, 0.05) is 31.1 Å². The molecule has 0 spiro atoms. The zero-order valence-corrected chi connectivity index (χ0v) is 15.8. The van der Waals surface area contributed by atoms with E-state index in [0.29, 0.717) is 30.5 Å². The summed E-state index contributed by atoms with van der Waals surface area (Å²) < 4.78 is 0. The molecule has 144 valence electrons. The molecule has 27 heavy (non-hydrogen) atoms. The third-order valence-corrected chi connectivity index (χ3v) is 6.27. The number of rotatable bonds is 4. The van der Waals surface area contributed by atoms with Gasteiger partial charge in [-0.2, -0.15) is 0 Å². The Morgan fingerprint density at radius 3 is 2.74 bits per heavy atom. The Morgan fingerprint density at radius 2 is 1.96 bits per heavy atom. The summed E-state index contributed by atoms with van der Waals surface area (Å²) in [6, 6.07) is 5.98. The lowest BCUT2D eigenvalue weighted by molar-refractivity contribution is -0.136. The van der Waals surface area contributed by atoms with Crippen LogP contribution in [0.2, 0.25) is 0 Å². The van der Waals surface area contributed by atoms with E-state index in [1.807, 2.05) is 12.1 Å². The highest BCUT2D eigenvalue weighted by Gasteiger charge is 2.39. The van der Waals surface area contributed by atoms with Gasteiger partial charge in [0.15, 0.2) is 0 Å². The lowest BCUT2D eigenvalue weighted by Crippen LogP contribution is -2.52. The van der Waals surface area contributed by atoms with Crippen molar-refractivity contribution in [2.24, 2.45) is 5.92 Å². The Balaban J connectivity index is 1.43. The van der Waals surface area contributed by atoms with Crippen molar-refractivity contribution in [1.82, 2.24) is 15.5 Å². The number of fused-ring (bicyclic) bond motifs is 1. The maximum absolute atomic E-state index is 12.7. The number of nitrogens with one attached hydrogen (secondary N) is 2. The number of amides is 3. The van der Waals surface area contributed by atoms with E-state index >= 15 is 0 Å². The van der Waals surface area contributed by atoms with E-state index < -0.39 is 6.04 Å². The average Bonchev–Trinajstić information content (AvgIpc) is 2.97. The van der Waals surface area contributed by atoms with Gasteiger partial charge in [0.05, 0.1) is 0 Å². The summed E-state index contributed by atoms with van der Waals surface area (Å²) >= 11 is 0. The third-order valence-electron chi connectivity index (χ3n) is 6.27. The fraction of sp³-hybridized carbons (Fsp3) is 0.571. The highest BCUT2D eigenvalue weighted by Crippen LogP contribution is 2.29. The first-order valence-electron chi connectivity index (χ1n) is 10.0. The van der Waals surface area contributed by atoms with Crippen LogP contribution in [0.5, 0.6) is 0 Å². The highest BCUT2D eigenvalue weighted by atomic mass is 16.2. The minimum absolute atomic E-state index is 0.111. The molecule has 2 aliphatic heterocycles. The van der Waals surface area contributed by atoms with Gasteiger partial charge in [-0.25, -0.2) is 0 Å². The van der Waals surface area contributed by atoms with E-state index in [2.05, 4.69) is 23.6 Å². The first-order valence-corrected chi connectivity index (χ1v) is 10.0. The highest BCUT2D eigenvalue weighted by molar-refractivity contribution is 6.05. The van der Waals surface area contributed by atoms with E-state index in [0.717, 1.165) is 12.1 Å². The molecule has 3 atom stereocenters. The Hall–Kier alpha value is -2.21. The minimum Gasteiger partial charge on any atom is -0.322 e. The molecule has 1 saturated heterocycles. The van der Waals surface area contributed by atoms with Crippen LogP contribution in [0.1, 0.15) is 66.9 Å². The molecule has 4 rings (SSSR count). The molecule has 6 heteroatoms. The molecule has 1 unspecified atom stereocenters. The largest absolute Gasteiger partial charge is 0.322 e. The SMILES string of the molecule is C[C@@H]1CCCC[C@@H]1NCc1ccc2c(c1)CN(C1CCC(=O)NC1=O)C2=O. The molecule has 1 saturated carbocycles. The van der Waals surface area contributed by atoms with E-state index in [4.69, 9.17) is 0 Å². The second-order valence-corrected chi connectivity index (χ2v) is 8.14. The first-order chi connectivity index (χ1) is 13.0. The zero-order valence-electron chi connectivity index (χ0n) is 15.8. The second kappa shape index (κ2) is 7.43. The molecule has 2 N–H and O–H groups in total. The smallest absolute Gasteiger partial charge is 0.255 e. The van der Waals surface area contributed by atoms with Crippen molar-refractivity contribution >= 4 is 17.7 Å². The summed E-state index contributed by atoms with van der Waals surface area (Å²) in [5, 5.41) is 6.02. The number of benzene rings is 1. The molecule has 1 aromatic rings. The lowest BCUT2D eigenvalue weighted by atomic mass is 9.86. The maximum Gasteiger partial charge on any atom is 0.255 e. The normalized spacial score (nSPS) is 28.3. The van der Waals surface area contributed by atoms with Crippen LogP contribution in [0, 0.1) is 5.92 Å². The van der Waals surface area contributed by atoms with Gasteiger partial charge in [-0.1, -0.05) is 31.9 Å². The van der Waals surface area contributed by atoms with Crippen LogP contribution >= 0.6 is 0 Å². The molecule has 3 amide bonds. The molecular formula is C21H27N3O3. The van der Waals surface area contributed by atoms with E-state index in [1.54, 1.807) is 4.90 Å². The Kier molecular flexibility index (Phi) is 5.00. The number of carbonyl (C=O) groups is 3. The number of piperidine rings is 1. The maximum atomic E-state index is 12.7. The van der Waals surface area contributed by atoms with Gasteiger partial charge in [-0.05, 0) is 42.4 Å². The third kappa shape index (κ3) is 3.63. The Labute approximate surface area is 159 Å². The molecule has 2 fully saturated rings. The first kappa shape index (κ1) is 18.2. The Morgan fingerprint density at radius 1 is 1.15 bits per heavy atom. The van der Waals surface area contributed by atoms with Crippen LogP contribution < -0.4 is 10.6 Å². The summed E-state index contributed by atoms with van der Waals surface area (Å²) in [5.74, 6) is -0.0241. The quantitative estimate of drug-likeness (QED) is 0.797. The van der Waals surface area contributed by atoms with Gasteiger partial charge < -0.3 is 10.2 Å². The Bertz CT molecular complexity index is 776. The molecule has 0 aromatic heterocycles. The zero-order chi connectivity index (χ0) is 19.0. The molecule has 0 radical (unpaired) electrons. The fourth-order valence-corrected chi connectivity index (χ4v) is 4.61. The summed E-state index contributed by atoms with van der Waals surface area (Å²) in [6.07, 6.45) is 5.83. The van der Waals surface area contributed by atoms with E-state index in [1.165, 1.54) is 31.2 Å². The number of hydrogen-bond acceptors (Lipinski definition) is 4. The monoisotopic (exact) mass is 369 g/mol. The minimum atomic E-state index is -0.549. The van der Waals surface area contributed by atoms with Crippen molar-refractivity contribution in [2.45, 2.75) is 70.6 Å². The summed E-state index contributed by atoms with van der Waals surface area (Å²) in [5.41, 5.74) is 2.82. The van der Waals surface area contributed by atoms with Crippen LogP contribution in [0.4, 0.5) is 0 Å². The van der Waals surface area contributed by atoms with Crippen molar-refractivity contribution in [3.05, 3.63) is 34.9 Å². The van der Waals surface area contributed by atoms with Crippen LogP contribution in [0.15, 0.2) is 18.2 Å². The predicted octanol–water partition coefficient (Wildman–Crippen LogP) is 2.12. The fourth-order valence-electron chi connectivity index (χ4n) is 4.61. The molecule has 1 aliphatic carbocycles. The number of nitrogens with zero attached hydrogens (tertiary/aromatic N) is 1. The van der Waals surface area contributed by atoms with E-state index in [-0.39, 0.29) is 24.1 Å². The van der Waals surface area contributed by atoms with Crippen molar-refractivity contribution in [2.75, 3.05) is 0 Å². The molecular weight excluding hydrogens is 342 g/mol. The molecule has 2 heterocycles. The van der Waals surface area contributed by atoms with Crippen molar-refractivity contribution in [1.29, 1.82) is 0 Å². The second-order valence-electron chi connectivity index (χ2n) is 8.14. The van der Waals surface area contributed by atoms with Crippen molar-refractivity contribution in [3.8, 4) is 0 Å². The average molecular weight is 369 g/mol. The van der Waals surface area contributed by atoms with Gasteiger partial charge in [0.25, 0.3) is 5.91 Å². The molecule has 3 aliphatic rings. The molecule has 1 aromatic carbocycles. The van der Waals surface area contributed by atoms with E-state index in [9.17, 15) is 14.4 Å². The number of hydrogen-bond donors (Lipinski definition) is 2. The lowest BCUT2D eigenvalue weighted by Gasteiger charge is -2.29. The van der Waals surface area contributed by atoms with Crippen LogP contribution in [0.25, 0.3) is 0 Å². The van der Waals surface area contributed by atoms with Gasteiger partial charge in [-0.3, -0.25) is 19.7 Å². The van der Waals surface area contributed by atoms with Crippen LogP contribution in [-0.4, -0.2) is 34.7 Å².